The Morgan fingerprint density at radius 3 is 2.38 bits per heavy atom. The first-order chi connectivity index (χ1) is 13.8. The number of alkyl halides is 3. The van der Waals surface area contributed by atoms with E-state index in [9.17, 15) is 13.2 Å². The van der Waals surface area contributed by atoms with Gasteiger partial charge in [-0.1, -0.05) is 18.2 Å². The summed E-state index contributed by atoms with van der Waals surface area (Å²) in [6.07, 6.45) is -2.51. The average Bonchev–Trinajstić information content (AvgIpc) is 2.67. The summed E-state index contributed by atoms with van der Waals surface area (Å²) in [6, 6.07) is 11.6. The van der Waals surface area contributed by atoms with Crippen molar-refractivity contribution in [3.63, 3.8) is 0 Å². The summed E-state index contributed by atoms with van der Waals surface area (Å²) < 4.78 is 49.6. The Hall–Kier alpha value is -2.21. The highest BCUT2D eigenvalue weighted by molar-refractivity contribution is 5.44. The molecule has 1 aliphatic heterocycles. The van der Waals surface area contributed by atoms with Gasteiger partial charge in [-0.2, -0.15) is 13.2 Å². The number of ether oxygens (including phenoxy) is 2. The normalized spacial score (nSPS) is 20.0. The Balaban J connectivity index is 1.69. The molecule has 2 atom stereocenters. The molecule has 2 aromatic rings. The second-order valence-electron chi connectivity index (χ2n) is 7.93. The van der Waals surface area contributed by atoms with Crippen LogP contribution in [0.2, 0.25) is 0 Å². The molecule has 1 N–H and O–H groups in total. The Kier molecular flexibility index (Phi) is 6.73. The lowest BCUT2D eigenvalue weighted by Gasteiger charge is -2.31. The van der Waals surface area contributed by atoms with Crippen LogP contribution in [-0.4, -0.2) is 26.3 Å². The molecule has 1 heterocycles. The van der Waals surface area contributed by atoms with Crippen LogP contribution in [0.15, 0.2) is 42.5 Å². The van der Waals surface area contributed by atoms with Crippen LogP contribution in [0.25, 0.3) is 0 Å². The fraction of sp³-hybridized carbons (Fsp3) is 0.478. The quantitative estimate of drug-likeness (QED) is 0.692. The van der Waals surface area contributed by atoms with Crippen molar-refractivity contribution in [2.45, 2.75) is 44.9 Å². The number of methoxy groups -OCH3 is 1. The van der Waals surface area contributed by atoms with Gasteiger partial charge in [0.1, 0.15) is 0 Å². The summed E-state index contributed by atoms with van der Waals surface area (Å²) in [6.45, 7) is 5.70. The Morgan fingerprint density at radius 1 is 1.03 bits per heavy atom. The smallest absolute Gasteiger partial charge is 0.416 e. The van der Waals surface area contributed by atoms with Gasteiger partial charge in [0.15, 0.2) is 11.5 Å². The zero-order valence-corrected chi connectivity index (χ0v) is 17.1. The summed E-state index contributed by atoms with van der Waals surface area (Å²) in [7, 11) is 1.63. The van der Waals surface area contributed by atoms with E-state index < -0.39 is 11.7 Å². The number of benzene rings is 2. The van der Waals surface area contributed by atoms with Gasteiger partial charge in [-0.3, -0.25) is 0 Å². The molecule has 0 amide bonds. The Bertz CT molecular complexity index is 803. The molecule has 0 saturated carbocycles. The van der Waals surface area contributed by atoms with Crippen LogP contribution in [0.3, 0.4) is 0 Å². The molecule has 158 valence electrons. The van der Waals surface area contributed by atoms with Gasteiger partial charge in [-0.25, -0.2) is 0 Å². The van der Waals surface area contributed by atoms with E-state index in [-0.39, 0.29) is 6.10 Å². The third-order valence-corrected chi connectivity index (χ3v) is 5.27. The molecular weight excluding hydrogens is 379 g/mol. The van der Waals surface area contributed by atoms with Crippen molar-refractivity contribution in [1.29, 1.82) is 0 Å². The predicted molar refractivity (Wildman–Crippen MR) is 108 cm³/mol. The molecule has 3 nitrogen and oxygen atoms in total. The number of nitrogens with one attached hydrogen (secondary N) is 1. The fourth-order valence-electron chi connectivity index (χ4n) is 3.90. The number of hydrogen-bond donors (Lipinski definition) is 1. The van der Waals surface area contributed by atoms with Crippen LogP contribution >= 0.6 is 0 Å². The molecule has 6 heteroatoms. The molecule has 0 bridgehead atoms. The highest BCUT2D eigenvalue weighted by Crippen LogP contribution is 2.35. The van der Waals surface area contributed by atoms with Crippen LogP contribution < -0.4 is 14.8 Å². The lowest BCUT2D eigenvalue weighted by Crippen LogP contribution is -2.36. The van der Waals surface area contributed by atoms with Gasteiger partial charge in [-0.05, 0) is 80.5 Å². The molecule has 1 aliphatic rings. The maximum Gasteiger partial charge on any atom is 0.416 e. The summed E-state index contributed by atoms with van der Waals surface area (Å²) in [4.78, 5) is 0. The van der Waals surface area contributed by atoms with E-state index in [1.54, 1.807) is 19.2 Å². The lowest BCUT2D eigenvalue weighted by atomic mass is 9.82. The number of hydrogen-bond acceptors (Lipinski definition) is 3. The van der Waals surface area contributed by atoms with Gasteiger partial charge in [0, 0.05) is 6.54 Å². The highest BCUT2D eigenvalue weighted by Gasteiger charge is 2.30. The van der Waals surface area contributed by atoms with Crippen LogP contribution in [-0.2, 0) is 12.6 Å². The zero-order chi connectivity index (χ0) is 21.0. The first kappa shape index (κ1) is 21.5. The standard InChI is InChI=1S/C23H28F3NO2/c1-15(2)29-22-12-18(6-9-21(22)28-3)19-11-17(13-27-14-19)10-16-4-7-20(8-5-16)23(24,25)26/h4-9,12,15,17,19,27H,10-11,13-14H2,1-3H3/t17-,19-/m1/s1. The number of rotatable bonds is 6. The molecule has 0 unspecified atom stereocenters. The molecular formula is C23H28F3NO2. The number of halogens is 3. The molecule has 0 spiro atoms. The van der Waals surface area contributed by atoms with E-state index >= 15 is 0 Å². The monoisotopic (exact) mass is 407 g/mol. The van der Waals surface area contributed by atoms with Gasteiger partial charge in [-0.15, -0.1) is 0 Å². The topological polar surface area (TPSA) is 30.5 Å². The van der Waals surface area contributed by atoms with E-state index in [4.69, 9.17) is 9.47 Å². The van der Waals surface area contributed by atoms with Crippen molar-refractivity contribution < 1.29 is 22.6 Å². The van der Waals surface area contributed by atoms with Gasteiger partial charge < -0.3 is 14.8 Å². The second kappa shape index (κ2) is 9.08. The minimum Gasteiger partial charge on any atom is -0.493 e. The maximum absolute atomic E-state index is 12.8. The summed E-state index contributed by atoms with van der Waals surface area (Å²) >= 11 is 0. The van der Waals surface area contributed by atoms with Crippen molar-refractivity contribution in [2.24, 2.45) is 5.92 Å². The number of piperidine rings is 1. The molecule has 2 aromatic carbocycles. The van der Waals surface area contributed by atoms with Crippen molar-refractivity contribution >= 4 is 0 Å². The van der Waals surface area contributed by atoms with Crippen LogP contribution in [0, 0.1) is 5.92 Å². The van der Waals surface area contributed by atoms with Gasteiger partial charge in [0.25, 0.3) is 0 Å². The minimum absolute atomic E-state index is 0.0519. The molecule has 0 aromatic heterocycles. The minimum atomic E-state index is -4.29. The van der Waals surface area contributed by atoms with Crippen LogP contribution in [0.4, 0.5) is 13.2 Å². The molecule has 0 aliphatic carbocycles. The molecule has 29 heavy (non-hydrogen) atoms. The first-order valence-electron chi connectivity index (χ1n) is 9.97. The highest BCUT2D eigenvalue weighted by atomic mass is 19.4. The lowest BCUT2D eigenvalue weighted by molar-refractivity contribution is -0.137. The summed E-state index contributed by atoms with van der Waals surface area (Å²) in [5.41, 5.74) is 1.52. The van der Waals surface area contributed by atoms with Gasteiger partial charge in [0.2, 0.25) is 0 Å². The largest absolute Gasteiger partial charge is 0.493 e. The van der Waals surface area contributed by atoms with Crippen molar-refractivity contribution in [1.82, 2.24) is 5.32 Å². The maximum atomic E-state index is 12.8. The van der Waals surface area contributed by atoms with E-state index in [0.29, 0.717) is 17.6 Å². The van der Waals surface area contributed by atoms with E-state index in [0.717, 1.165) is 37.2 Å². The third kappa shape index (κ3) is 5.66. The summed E-state index contributed by atoms with van der Waals surface area (Å²) in [5, 5.41) is 3.48. The second-order valence-corrected chi connectivity index (χ2v) is 7.93. The van der Waals surface area contributed by atoms with E-state index in [1.165, 1.54) is 17.7 Å². The SMILES string of the molecule is COc1ccc([C@H]2CNC[C@H](Cc3ccc(C(F)(F)F)cc3)C2)cc1OC(C)C. The summed E-state index contributed by atoms with van der Waals surface area (Å²) in [5.74, 6) is 2.14. The Labute approximate surface area is 170 Å². The average molecular weight is 407 g/mol. The van der Waals surface area contributed by atoms with E-state index in [2.05, 4.69) is 11.4 Å². The molecule has 1 fully saturated rings. The fourth-order valence-corrected chi connectivity index (χ4v) is 3.90. The van der Waals surface area contributed by atoms with Crippen LogP contribution in [0.1, 0.15) is 42.9 Å². The van der Waals surface area contributed by atoms with Gasteiger partial charge >= 0.3 is 6.18 Å². The zero-order valence-electron chi connectivity index (χ0n) is 17.1. The van der Waals surface area contributed by atoms with Gasteiger partial charge in [0.05, 0.1) is 18.8 Å². The molecule has 3 rings (SSSR count). The van der Waals surface area contributed by atoms with Crippen molar-refractivity contribution in [2.75, 3.05) is 20.2 Å². The molecule has 0 radical (unpaired) electrons. The van der Waals surface area contributed by atoms with Crippen molar-refractivity contribution in [3.8, 4) is 11.5 Å². The predicted octanol–water partition coefficient (Wildman–Crippen LogP) is 5.44. The first-order valence-corrected chi connectivity index (χ1v) is 9.97. The van der Waals surface area contributed by atoms with Crippen LogP contribution in [0.5, 0.6) is 11.5 Å². The Morgan fingerprint density at radius 2 is 1.76 bits per heavy atom. The third-order valence-electron chi connectivity index (χ3n) is 5.27. The van der Waals surface area contributed by atoms with E-state index in [1.807, 2.05) is 26.0 Å². The van der Waals surface area contributed by atoms with Crippen molar-refractivity contribution in [3.05, 3.63) is 59.2 Å². The molecule has 1 saturated heterocycles.